The molecule has 1 atom stereocenters. The van der Waals surface area contributed by atoms with Gasteiger partial charge in [-0.1, -0.05) is 67.6 Å². The molecule has 0 spiro atoms. The van der Waals surface area contributed by atoms with E-state index in [1.165, 1.54) is 17.4 Å². The predicted octanol–water partition coefficient (Wildman–Crippen LogP) is 4.11. The number of amides is 1. The third kappa shape index (κ3) is 5.44. The molecule has 0 bridgehead atoms. The number of benzene rings is 2. The summed E-state index contributed by atoms with van der Waals surface area (Å²) >= 11 is 0. The summed E-state index contributed by atoms with van der Waals surface area (Å²) in [5.41, 5.74) is 2.99. The number of oxazole rings is 1. The Morgan fingerprint density at radius 3 is 2.16 bits per heavy atom. The van der Waals surface area contributed by atoms with E-state index in [0.717, 1.165) is 32.6 Å². The van der Waals surface area contributed by atoms with Crippen molar-refractivity contribution in [3.8, 4) is 0 Å². The molecule has 0 saturated carbocycles. The summed E-state index contributed by atoms with van der Waals surface area (Å²) in [5, 5.41) is 2.93. The summed E-state index contributed by atoms with van der Waals surface area (Å²) in [7, 11) is 0. The molecule has 1 amide bonds. The van der Waals surface area contributed by atoms with Crippen LogP contribution in [-0.2, 0) is 6.54 Å². The molecule has 2 heterocycles. The van der Waals surface area contributed by atoms with Gasteiger partial charge >= 0.3 is 0 Å². The SMILES string of the molecule is CCC(C)NC(=O)c1coc(CN2CCN(C(c3ccccc3)c3ccccc3)CC2)n1. The Morgan fingerprint density at radius 2 is 1.59 bits per heavy atom. The zero-order chi connectivity index (χ0) is 22.3. The van der Waals surface area contributed by atoms with Gasteiger partial charge < -0.3 is 9.73 Å². The van der Waals surface area contributed by atoms with Crippen LogP contribution in [0.3, 0.4) is 0 Å². The highest BCUT2D eigenvalue weighted by Gasteiger charge is 2.27. The number of nitrogens with zero attached hydrogens (tertiary/aromatic N) is 3. The number of hydrogen-bond acceptors (Lipinski definition) is 5. The lowest BCUT2D eigenvalue weighted by molar-refractivity contribution is 0.0933. The van der Waals surface area contributed by atoms with Gasteiger partial charge in [0.25, 0.3) is 5.91 Å². The molecule has 4 rings (SSSR count). The summed E-state index contributed by atoms with van der Waals surface area (Å²) < 4.78 is 5.59. The summed E-state index contributed by atoms with van der Waals surface area (Å²) in [5.74, 6) is 0.420. The van der Waals surface area contributed by atoms with Crippen LogP contribution in [0.5, 0.6) is 0 Å². The molecule has 0 radical (unpaired) electrons. The molecule has 1 unspecified atom stereocenters. The minimum Gasteiger partial charge on any atom is -0.447 e. The second kappa shape index (κ2) is 10.6. The molecule has 6 nitrogen and oxygen atoms in total. The Kier molecular flexibility index (Phi) is 7.35. The summed E-state index contributed by atoms with van der Waals surface area (Å²) in [6.45, 7) is 8.40. The first-order chi connectivity index (χ1) is 15.6. The maximum absolute atomic E-state index is 12.3. The lowest BCUT2D eigenvalue weighted by Crippen LogP contribution is -2.47. The normalized spacial score (nSPS) is 16.2. The number of carbonyl (C=O) groups is 1. The van der Waals surface area contributed by atoms with Crippen molar-refractivity contribution in [2.45, 2.75) is 38.9 Å². The van der Waals surface area contributed by atoms with E-state index in [4.69, 9.17) is 4.42 Å². The largest absolute Gasteiger partial charge is 0.447 e. The molecule has 1 fully saturated rings. The van der Waals surface area contributed by atoms with E-state index in [1.54, 1.807) is 0 Å². The quantitative estimate of drug-likeness (QED) is 0.580. The van der Waals surface area contributed by atoms with Crippen molar-refractivity contribution in [1.82, 2.24) is 20.1 Å². The number of piperazine rings is 1. The van der Waals surface area contributed by atoms with E-state index in [1.807, 2.05) is 13.8 Å². The van der Waals surface area contributed by atoms with Gasteiger partial charge in [-0.3, -0.25) is 14.6 Å². The molecule has 168 valence electrons. The molecule has 1 aliphatic rings. The zero-order valence-corrected chi connectivity index (χ0v) is 18.9. The van der Waals surface area contributed by atoms with Crippen LogP contribution in [-0.4, -0.2) is 52.9 Å². The van der Waals surface area contributed by atoms with Crippen LogP contribution in [0.15, 0.2) is 71.3 Å². The van der Waals surface area contributed by atoms with Crippen molar-refractivity contribution in [3.05, 3.63) is 89.6 Å². The Hall–Kier alpha value is -2.96. The number of nitrogens with one attached hydrogen (secondary N) is 1. The van der Waals surface area contributed by atoms with Crippen molar-refractivity contribution < 1.29 is 9.21 Å². The predicted molar refractivity (Wildman–Crippen MR) is 125 cm³/mol. The molecule has 1 saturated heterocycles. The molecule has 1 N–H and O–H groups in total. The van der Waals surface area contributed by atoms with Crippen LogP contribution in [0.25, 0.3) is 0 Å². The van der Waals surface area contributed by atoms with Gasteiger partial charge in [0.15, 0.2) is 5.69 Å². The van der Waals surface area contributed by atoms with Gasteiger partial charge in [0.05, 0.1) is 12.6 Å². The smallest absolute Gasteiger partial charge is 0.273 e. The third-order valence-corrected chi connectivity index (χ3v) is 6.14. The molecular formula is C26H32N4O2. The maximum Gasteiger partial charge on any atom is 0.273 e. The molecule has 1 aromatic heterocycles. The van der Waals surface area contributed by atoms with Crippen molar-refractivity contribution >= 4 is 5.91 Å². The molecule has 0 aliphatic carbocycles. The second-order valence-corrected chi connectivity index (χ2v) is 8.45. The van der Waals surface area contributed by atoms with Crippen LogP contribution in [0, 0.1) is 0 Å². The molecule has 3 aromatic rings. The van der Waals surface area contributed by atoms with Gasteiger partial charge in [-0.15, -0.1) is 0 Å². The van der Waals surface area contributed by atoms with E-state index in [-0.39, 0.29) is 18.0 Å². The van der Waals surface area contributed by atoms with Gasteiger partial charge in [0.1, 0.15) is 6.26 Å². The first-order valence-corrected chi connectivity index (χ1v) is 11.5. The van der Waals surface area contributed by atoms with Crippen LogP contribution in [0.1, 0.15) is 53.8 Å². The maximum atomic E-state index is 12.3. The molecule has 6 heteroatoms. The minimum absolute atomic E-state index is 0.123. The fourth-order valence-corrected chi connectivity index (χ4v) is 4.14. The van der Waals surface area contributed by atoms with E-state index in [0.29, 0.717) is 18.1 Å². The topological polar surface area (TPSA) is 61.6 Å². The summed E-state index contributed by atoms with van der Waals surface area (Å²) in [6, 6.07) is 21.8. The lowest BCUT2D eigenvalue weighted by atomic mass is 9.96. The highest BCUT2D eigenvalue weighted by atomic mass is 16.3. The van der Waals surface area contributed by atoms with Crippen molar-refractivity contribution in [3.63, 3.8) is 0 Å². The standard InChI is InChI=1S/C26H32N4O2/c1-3-20(2)27-26(31)23-19-32-24(28-23)18-29-14-16-30(17-15-29)25(21-10-6-4-7-11-21)22-12-8-5-9-13-22/h4-13,19-20,25H,3,14-18H2,1-2H3,(H,27,31). The highest BCUT2D eigenvalue weighted by molar-refractivity contribution is 5.92. The van der Waals surface area contributed by atoms with E-state index < -0.39 is 0 Å². The molecule has 1 aliphatic heterocycles. The monoisotopic (exact) mass is 432 g/mol. The van der Waals surface area contributed by atoms with Crippen molar-refractivity contribution in [1.29, 1.82) is 0 Å². The van der Waals surface area contributed by atoms with E-state index in [9.17, 15) is 4.79 Å². The number of rotatable bonds is 8. The fraction of sp³-hybridized carbons (Fsp3) is 0.385. The van der Waals surface area contributed by atoms with E-state index >= 15 is 0 Å². The van der Waals surface area contributed by atoms with Crippen LogP contribution < -0.4 is 5.32 Å². The van der Waals surface area contributed by atoms with Gasteiger partial charge in [-0.25, -0.2) is 4.98 Å². The van der Waals surface area contributed by atoms with Crippen molar-refractivity contribution in [2.75, 3.05) is 26.2 Å². The molecular weight excluding hydrogens is 400 g/mol. The van der Waals surface area contributed by atoms with Crippen molar-refractivity contribution in [2.24, 2.45) is 0 Å². The Morgan fingerprint density at radius 1 is 1.00 bits per heavy atom. The number of aromatic nitrogens is 1. The average molecular weight is 433 g/mol. The molecule has 2 aromatic carbocycles. The first-order valence-electron chi connectivity index (χ1n) is 11.5. The van der Waals surface area contributed by atoms with Crippen LogP contribution in [0.4, 0.5) is 0 Å². The first kappa shape index (κ1) is 22.2. The van der Waals surface area contributed by atoms with Gasteiger partial charge in [-0.2, -0.15) is 0 Å². The molecule has 32 heavy (non-hydrogen) atoms. The second-order valence-electron chi connectivity index (χ2n) is 8.45. The van der Waals surface area contributed by atoms with Gasteiger partial charge in [-0.05, 0) is 24.5 Å². The third-order valence-electron chi connectivity index (χ3n) is 6.14. The number of carbonyl (C=O) groups excluding carboxylic acids is 1. The Balaban J connectivity index is 1.38. The Labute approximate surface area is 190 Å². The summed E-state index contributed by atoms with van der Waals surface area (Å²) in [4.78, 5) is 21.5. The van der Waals surface area contributed by atoms with Crippen LogP contribution >= 0.6 is 0 Å². The number of hydrogen-bond donors (Lipinski definition) is 1. The lowest BCUT2D eigenvalue weighted by Gasteiger charge is -2.39. The fourth-order valence-electron chi connectivity index (χ4n) is 4.14. The highest BCUT2D eigenvalue weighted by Crippen LogP contribution is 2.29. The Bertz CT molecular complexity index is 942. The van der Waals surface area contributed by atoms with E-state index in [2.05, 4.69) is 80.8 Å². The summed E-state index contributed by atoms with van der Waals surface area (Å²) in [6.07, 6.45) is 2.35. The van der Waals surface area contributed by atoms with Gasteiger partial charge in [0, 0.05) is 32.2 Å². The van der Waals surface area contributed by atoms with Crippen LogP contribution in [0.2, 0.25) is 0 Å². The van der Waals surface area contributed by atoms with Gasteiger partial charge in [0.2, 0.25) is 5.89 Å². The average Bonchev–Trinajstić information content (AvgIpc) is 3.30. The minimum atomic E-state index is -0.173. The zero-order valence-electron chi connectivity index (χ0n) is 18.9.